The summed E-state index contributed by atoms with van der Waals surface area (Å²) in [6.45, 7) is 0.730. The Labute approximate surface area is 122 Å². The molecule has 0 spiro atoms. The van der Waals surface area contributed by atoms with E-state index in [9.17, 15) is 4.79 Å². The summed E-state index contributed by atoms with van der Waals surface area (Å²) in [6, 6.07) is 7.82. The molecule has 104 valence electrons. The summed E-state index contributed by atoms with van der Waals surface area (Å²) in [5, 5.41) is 8.13. The molecule has 2 N–H and O–H groups in total. The lowest BCUT2D eigenvalue weighted by molar-refractivity contribution is -0.123. The van der Waals surface area contributed by atoms with E-state index in [1.54, 1.807) is 6.20 Å². The minimum absolute atomic E-state index is 0.148. The van der Waals surface area contributed by atoms with Gasteiger partial charge in [-0.05, 0) is 37.1 Å². The fourth-order valence-corrected chi connectivity index (χ4v) is 2.71. The van der Waals surface area contributed by atoms with Gasteiger partial charge < -0.3 is 10.6 Å². The van der Waals surface area contributed by atoms with Gasteiger partial charge in [-0.3, -0.25) is 9.78 Å². The Kier molecular flexibility index (Phi) is 3.74. The summed E-state index contributed by atoms with van der Waals surface area (Å²) in [4.78, 5) is 15.7. The van der Waals surface area contributed by atoms with Crippen molar-refractivity contribution in [1.82, 2.24) is 10.3 Å². The highest BCUT2D eigenvalue weighted by Gasteiger charge is 2.17. The molecule has 5 heteroatoms. The highest BCUT2D eigenvalue weighted by Crippen LogP contribution is 2.24. The van der Waals surface area contributed by atoms with Crippen LogP contribution in [0.2, 0.25) is 5.02 Å². The molecule has 20 heavy (non-hydrogen) atoms. The third-order valence-electron chi connectivity index (χ3n) is 3.57. The Morgan fingerprint density at radius 1 is 1.40 bits per heavy atom. The van der Waals surface area contributed by atoms with E-state index < -0.39 is 0 Å². The number of anilines is 1. The number of benzene rings is 1. The zero-order chi connectivity index (χ0) is 13.9. The van der Waals surface area contributed by atoms with E-state index in [1.807, 2.05) is 24.3 Å². The molecule has 1 amide bonds. The first-order chi connectivity index (χ1) is 9.72. The minimum atomic E-state index is 0.148. The van der Waals surface area contributed by atoms with Crippen LogP contribution in [0.5, 0.6) is 0 Å². The van der Waals surface area contributed by atoms with Gasteiger partial charge in [0.05, 0.1) is 5.52 Å². The summed E-state index contributed by atoms with van der Waals surface area (Å²) in [5.74, 6) is 0.148. The fraction of sp³-hybridized carbons (Fsp3) is 0.333. The molecule has 4 nitrogen and oxygen atoms in total. The van der Waals surface area contributed by atoms with E-state index in [1.165, 1.54) is 0 Å². The number of carbonyl (C=O) groups excluding carboxylic acids is 1. The Morgan fingerprint density at radius 2 is 2.30 bits per heavy atom. The SMILES string of the molecule is O=C1CCC[C@H](CNc2ccnc3cc(Cl)ccc23)N1. The maximum atomic E-state index is 11.4. The largest absolute Gasteiger partial charge is 0.382 e. The van der Waals surface area contributed by atoms with Crippen LogP contribution in [0.1, 0.15) is 19.3 Å². The third-order valence-corrected chi connectivity index (χ3v) is 3.80. The molecule has 1 aliphatic rings. The van der Waals surface area contributed by atoms with Gasteiger partial charge in [0.1, 0.15) is 0 Å². The highest BCUT2D eigenvalue weighted by molar-refractivity contribution is 6.31. The van der Waals surface area contributed by atoms with E-state index in [4.69, 9.17) is 11.6 Å². The zero-order valence-corrected chi connectivity index (χ0v) is 11.8. The number of pyridine rings is 1. The monoisotopic (exact) mass is 289 g/mol. The molecule has 3 rings (SSSR count). The quantitative estimate of drug-likeness (QED) is 0.913. The summed E-state index contributed by atoms with van der Waals surface area (Å²) in [6.07, 6.45) is 4.39. The van der Waals surface area contributed by atoms with Crippen molar-refractivity contribution in [3.8, 4) is 0 Å². The standard InChI is InChI=1S/C15H16ClN3O/c16-10-4-5-12-13(6-7-17-14(12)8-10)18-9-11-2-1-3-15(20)19-11/h4-8,11H,1-3,9H2,(H,17,18)(H,19,20)/t11-/m1/s1. The number of carbonyl (C=O) groups is 1. The Bertz CT molecular complexity index is 644. The van der Waals surface area contributed by atoms with Gasteiger partial charge in [0.2, 0.25) is 5.91 Å². The molecule has 1 atom stereocenters. The van der Waals surface area contributed by atoms with Crippen LogP contribution in [0.4, 0.5) is 5.69 Å². The average Bonchev–Trinajstić information content (AvgIpc) is 2.44. The first kappa shape index (κ1) is 13.2. The average molecular weight is 290 g/mol. The molecular weight excluding hydrogens is 274 g/mol. The van der Waals surface area contributed by atoms with E-state index >= 15 is 0 Å². The molecule has 2 aromatic rings. The van der Waals surface area contributed by atoms with Crippen LogP contribution in [-0.4, -0.2) is 23.5 Å². The van der Waals surface area contributed by atoms with Crippen molar-refractivity contribution in [2.45, 2.75) is 25.3 Å². The topological polar surface area (TPSA) is 54.0 Å². The summed E-state index contributed by atoms with van der Waals surface area (Å²) >= 11 is 5.98. The van der Waals surface area contributed by atoms with Gasteiger partial charge in [-0.2, -0.15) is 0 Å². The van der Waals surface area contributed by atoms with Crippen molar-refractivity contribution in [3.05, 3.63) is 35.5 Å². The molecule has 1 aromatic carbocycles. The van der Waals surface area contributed by atoms with Gasteiger partial charge >= 0.3 is 0 Å². The number of piperidine rings is 1. The van der Waals surface area contributed by atoms with Crippen molar-refractivity contribution in [2.24, 2.45) is 0 Å². The molecule has 1 fully saturated rings. The number of hydrogen-bond acceptors (Lipinski definition) is 3. The molecule has 0 saturated carbocycles. The van der Waals surface area contributed by atoms with E-state index in [0.29, 0.717) is 11.4 Å². The van der Waals surface area contributed by atoms with Crippen LogP contribution >= 0.6 is 11.6 Å². The first-order valence-corrected chi connectivity index (χ1v) is 7.18. The number of halogens is 1. The predicted octanol–water partition coefficient (Wildman–Crippen LogP) is 2.97. The van der Waals surface area contributed by atoms with Gasteiger partial charge in [-0.1, -0.05) is 11.6 Å². The number of aromatic nitrogens is 1. The van der Waals surface area contributed by atoms with Crippen molar-refractivity contribution in [3.63, 3.8) is 0 Å². The first-order valence-electron chi connectivity index (χ1n) is 6.80. The van der Waals surface area contributed by atoms with E-state index in [0.717, 1.165) is 36.0 Å². The lowest BCUT2D eigenvalue weighted by Gasteiger charge is -2.24. The molecule has 0 radical (unpaired) electrons. The van der Waals surface area contributed by atoms with Crippen molar-refractivity contribution < 1.29 is 4.79 Å². The van der Waals surface area contributed by atoms with Gasteiger partial charge in [0.15, 0.2) is 0 Å². The molecule has 1 saturated heterocycles. The summed E-state index contributed by atoms with van der Waals surface area (Å²) in [7, 11) is 0. The number of amides is 1. The van der Waals surface area contributed by atoms with E-state index in [2.05, 4.69) is 15.6 Å². The second-order valence-corrected chi connectivity index (χ2v) is 5.49. The van der Waals surface area contributed by atoms with Crippen LogP contribution in [0.25, 0.3) is 10.9 Å². The molecule has 1 aromatic heterocycles. The van der Waals surface area contributed by atoms with Crippen molar-refractivity contribution >= 4 is 34.1 Å². The van der Waals surface area contributed by atoms with Crippen molar-refractivity contribution in [1.29, 1.82) is 0 Å². The number of fused-ring (bicyclic) bond motifs is 1. The molecule has 2 heterocycles. The van der Waals surface area contributed by atoms with Crippen molar-refractivity contribution in [2.75, 3.05) is 11.9 Å². The van der Waals surface area contributed by atoms with Gasteiger partial charge in [0.25, 0.3) is 0 Å². The van der Waals surface area contributed by atoms with Crippen LogP contribution < -0.4 is 10.6 Å². The van der Waals surface area contributed by atoms with Crippen LogP contribution in [0.15, 0.2) is 30.5 Å². The summed E-state index contributed by atoms with van der Waals surface area (Å²) in [5.41, 5.74) is 1.89. The smallest absolute Gasteiger partial charge is 0.220 e. The van der Waals surface area contributed by atoms with Gasteiger partial charge in [0, 0.05) is 41.3 Å². The molecule has 0 aliphatic carbocycles. The minimum Gasteiger partial charge on any atom is -0.382 e. The van der Waals surface area contributed by atoms with E-state index in [-0.39, 0.29) is 11.9 Å². The highest BCUT2D eigenvalue weighted by atomic mass is 35.5. The summed E-state index contributed by atoms with van der Waals surface area (Å²) < 4.78 is 0. The van der Waals surface area contributed by atoms with Gasteiger partial charge in [-0.15, -0.1) is 0 Å². The van der Waals surface area contributed by atoms with Gasteiger partial charge in [-0.25, -0.2) is 0 Å². The number of nitrogens with one attached hydrogen (secondary N) is 2. The zero-order valence-electron chi connectivity index (χ0n) is 11.0. The second-order valence-electron chi connectivity index (χ2n) is 5.06. The molecule has 0 unspecified atom stereocenters. The molecule has 0 bridgehead atoms. The number of nitrogens with zero attached hydrogens (tertiary/aromatic N) is 1. The molecule has 1 aliphatic heterocycles. The second kappa shape index (κ2) is 5.67. The lowest BCUT2D eigenvalue weighted by Crippen LogP contribution is -2.42. The predicted molar refractivity (Wildman–Crippen MR) is 81.0 cm³/mol. The fourth-order valence-electron chi connectivity index (χ4n) is 2.54. The van der Waals surface area contributed by atoms with Crippen LogP contribution in [0, 0.1) is 0 Å². The Morgan fingerprint density at radius 3 is 3.15 bits per heavy atom. The lowest BCUT2D eigenvalue weighted by atomic mass is 10.0. The van der Waals surface area contributed by atoms with Crippen LogP contribution in [-0.2, 0) is 4.79 Å². The number of rotatable bonds is 3. The Hall–Kier alpha value is -1.81. The normalized spacial score (nSPS) is 18.9. The maximum Gasteiger partial charge on any atom is 0.220 e. The number of hydrogen-bond donors (Lipinski definition) is 2. The van der Waals surface area contributed by atoms with Crippen LogP contribution in [0.3, 0.4) is 0 Å². The third kappa shape index (κ3) is 2.85. The molecular formula is C15H16ClN3O. The maximum absolute atomic E-state index is 11.4. The Balaban J connectivity index is 1.75.